The van der Waals surface area contributed by atoms with Crippen LogP contribution in [0.5, 0.6) is 0 Å². The fraction of sp³-hybridized carbons (Fsp3) is 0. The van der Waals surface area contributed by atoms with Crippen molar-refractivity contribution in [2.45, 2.75) is 0 Å². The first-order chi connectivity index (χ1) is 6.79. The SMILES string of the molecule is [O-][NH+](O)c1ccccc1-c1cn[nH]c1. The second-order valence-electron chi connectivity index (χ2n) is 2.84. The Labute approximate surface area is 80.1 Å². The molecule has 0 spiro atoms. The quantitative estimate of drug-likeness (QED) is 0.604. The van der Waals surface area contributed by atoms with Crippen LogP contribution in [0.2, 0.25) is 0 Å². The zero-order chi connectivity index (χ0) is 9.97. The monoisotopic (exact) mass is 191 g/mol. The van der Waals surface area contributed by atoms with E-state index in [2.05, 4.69) is 10.2 Å². The fourth-order valence-corrected chi connectivity index (χ4v) is 1.32. The van der Waals surface area contributed by atoms with Crippen LogP contribution in [0.3, 0.4) is 0 Å². The predicted octanol–water partition coefficient (Wildman–Crippen LogP) is 0.480. The van der Waals surface area contributed by atoms with Gasteiger partial charge in [0.1, 0.15) is 0 Å². The maximum absolute atomic E-state index is 10.9. The topological polar surface area (TPSA) is 76.4 Å². The summed E-state index contributed by atoms with van der Waals surface area (Å²) < 4.78 is 0. The Hall–Kier alpha value is -1.69. The highest BCUT2D eigenvalue weighted by molar-refractivity contribution is 5.71. The molecule has 1 heterocycles. The van der Waals surface area contributed by atoms with Crippen molar-refractivity contribution in [2.24, 2.45) is 0 Å². The molecule has 0 aliphatic rings. The maximum atomic E-state index is 10.9. The van der Waals surface area contributed by atoms with E-state index >= 15 is 0 Å². The summed E-state index contributed by atoms with van der Waals surface area (Å²) in [6.07, 6.45) is 3.27. The van der Waals surface area contributed by atoms with E-state index in [1.165, 1.54) is 0 Å². The lowest BCUT2D eigenvalue weighted by Crippen LogP contribution is -2.99. The first-order valence-electron chi connectivity index (χ1n) is 4.10. The molecule has 0 aliphatic carbocycles. The van der Waals surface area contributed by atoms with E-state index in [-0.39, 0.29) is 5.69 Å². The summed E-state index contributed by atoms with van der Waals surface area (Å²) in [5.41, 5.74) is 1.74. The smallest absolute Gasteiger partial charge is 0.171 e. The van der Waals surface area contributed by atoms with Gasteiger partial charge in [-0.15, -0.1) is 0 Å². The molecule has 1 aromatic carbocycles. The number of quaternary nitrogens is 1. The van der Waals surface area contributed by atoms with Crippen LogP contribution in [0, 0.1) is 5.21 Å². The summed E-state index contributed by atoms with van der Waals surface area (Å²) in [5, 5.41) is 25.3. The third-order valence-electron chi connectivity index (χ3n) is 1.97. The van der Waals surface area contributed by atoms with Crippen molar-refractivity contribution in [1.29, 1.82) is 0 Å². The van der Waals surface area contributed by atoms with E-state index in [4.69, 9.17) is 5.21 Å². The van der Waals surface area contributed by atoms with Gasteiger partial charge in [0.25, 0.3) is 0 Å². The molecule has 72 valence electrons. The lowest BCUT2D eigenvalue weighted by molar-refractivity contribution is -0.991. The normalized spacial score (nSPS) is 12.7. The highest BCUT2D eigenvalue weighted by Gasteiger charge is 2.10. The third kappa shape index (κ3) is 1.51. The van der Waals surface area contributed by atoms with Gasteiger partial charge in [0.05, 0.1) is 6.20 Å². The van der Waals surface area contributed by atoms with Gasteiger partial charge < -0.3 is 5.21 Å². The molecule has 2 aromatic rings. The number of nitrogens with zero attached hydrogens (tertiary/aromatic N) is 1. The lowest BCUT2D eigenvalue weighted by Gasteiger charge is -2.14. The minimum atomic E-state index is -0.929. The minimum absolute atomic E-state index is 0.286. The van der Waals surface area contributed by atoms with Crippen molar-refractivity contribution in [3.8, 4) is 11.1 Å². The van der Waals surface area contributed by atoms with Crippen LogP contribution in [0.15, 0.2) is 36.7 Å². The lowest BCUT2D eigenvalue weighted by atomic mass is 10.1. The Kier molecular flexibility index (Phi) is 2.28. The number of rotatable bonds is 2. The predicted molar refractivity (Wildman–Crippen MR) is 49.8 cm³/mol. The van der Waals surface area contributed by atoms with Crippen LogP contribution in [-0.2, 0) is 0 Å². The Morgan fingerprint density at radius 1 is 1.36 bits per heavy atom. The van der Waals surface area contributed by atoms with Crippen LogP contribution >= 0.6 is 0 Å². The molecule has 0 aliphatic heterocycles. The Morgan fingerprint density at radius 3 is 2.79 bits per heavy atom. The maximum Gasteiger partial charge on any atom is 0.171 e. The standard InChI is InChI=1S/C9H9N3O2/c13-12(14)9-4-2-1-3-8(9)7-5-10-11-6-7/h1-6,12-13H,(H,10,11). The van der Waals surface area contributed by atoms with Crippen molar-refractivity contribution >= 4 is 5.69 Å². The van der Waals surface area contributed by atoms with E-state index in [9.17, 15) is 5.21 Å². The van der Waals surface area contributed by atoms with Crippen LogP contribution < -0.4 is 5.23 Å². The van der Waals surface area contributed by atoms with Gasteiger partial charge in [-0.3, -0.25) is 5.10 Å². The molecule has 5 nitrogen and oxygen atoms in total. The minimum Gasteiger partial charge on any atom is -0.595 e. The van der Waals surface area contributed by atoms with Gasteiger partial charge in [0.15, 0.2) is 5.69 Å². The number of aromatic amines is 1. The Balaban J connectivity index is 2.53. The average molecular weight is 191 g/mol. The van der Waals surface area contributed by atoms with E-state index in [0.717, 1.165) is 5.56 Å². The highest BCUT2D eigenvalue weighted by atomic mass is 16.8. The molecule has 1 aromatic heterocycles. The number of nitrogens with one attached hydrogen (secondary N) is 2. The highest BCUT2D eigenvalue weighted by Crippen LogP contribution is 2.23. The number of para-hydroxylation sites is 1. The number of hydrogen-bond acceptors (Lipinski definition) is 3. The average Bonchev–Trinajstić information content (AvgIpc) is 2.70. The zero-order valence-corrected chi connectivity index (χ0v) is 7.27. The molecule has 2 rings (SSSR count). The van der Waals surface area contributed by atoms with Gasteiger partial charge in [-0.25, -0.2) is 5.21 Å². The fourth-order valence-electron chi connectivity index (χ4n) is 1.32. The molecule has 0 saturated carbocycles. The van der Waals surface area contributed by atoms with Gasteiger partial charge in [-0.2, -0.15) is 10.3 Å². The molecule has 3 N–H and O–H groups in total. The first-order valence-corrected chi connectivity index (χ1v) is 4.10. The van der Waals surface area contributed by atoms with Gasteiger partial charge in [-0.1, -0.05) is 12.1 Å². The van der Waals surface area contributed by atoms with Crippen molar-refractivity contribution in [1.82, 2.24) is 10.2 Å². The van der Waals surface area contributed by atoms with E-state index in [1.807, 2.05) is 0 Å². The number of H-pyrrole nitrogens is 1. The third-order valence-corrected chi connectivity index (χ3v) is 1.97. The first kappa shape index (κ1) is 8.89. The van der Waals surface area contributed by atoms with Gasteiger partial charge in [-0.05, 0) is 6.07 Å². The molecule has 0 saturated heterocycles. The van der Waals surface area contributed by atoms with Crippen LogP contribution in [0.4, 0.5) is 5.69 Å². The molecule has 1 atom stereocenters. The van der Waals surface area contributed by atoms with Crippen molar-refractivity contribution < 1.29 is 10.4 Å². The summed E-state index contributed by atoms with van der Waals surface area (Å²) in [4.78, 5) is 0. The van der Waals surface area contributed by atoms with Crippen LogP contribution in [0.25, 0.3) is 11.1 Å². The molecule has 0 fully saturated rings. The van der Waals surface area contributed by atoms with Gasteiger partial charge >= 0.3 is 0 Å². The second-order valence-corrected chi connectivity index (χ2v) is 2.84. The molecule has 5 heteroatoms. The zero-order valence-electron chi connectivity index (χ0n) is 7.27. The molecule has 1 unspecified atom stereocenters. The van der Waals surface area contributed by atoms with Crippen LogP contribution in [-0.4, -0.2) is 15.4 Å². The van der Waals surface area contributed by atoms with Crippen LogP contribution in [0.1, 0.15) is 0 Å². The summed E-state index contributed by atoms with van der Waals surface area (Å²) in [6, 6.07) is 6.83. The van der Waals surface area contributed by atoms with Gasteiger partial charge in [0.2, 0.25) is 0 Å². The summed E-state index contributed by atoms with van der Waals surface area (Å²) in [7, 11) is 0. The molecule has 14 heavy (non-hydrogen) atoms. The van der Waals surface area contributed by atoms with E-state index < -0.39 is 5.23 Å². The number of benzene rings is 1. The molecular formula is C9H9N3O2. The number of aromatic nitrogens is 2. The number of hydrogen-bond donors (Lipinski definition) is 3. The Morgan fingerprint density at radius 2 is 2.14 bits per heavy atom. The Bertz CT molecular complexity index is 412. The van der Waals surface area contributed by atoms with Crippen molar-refractivity contribution in [2.75, 3.05) is 0 Å². The molecular weight excluding hydrogens is 182 g/mol. The summed E-state index contributed by atoms with van der Waals surface area (Å²) in [6.45, 7) is 0. The van der Waals surface area contributed by atoms with Gasteiger partial charge in [0, 0.05) is 23.4 Å². The van der Waals surface area contributed by atoms with Crippen molar-refractivity contribution in [3.63, 3.8) is 0 Å². The second kappa shape index (κ2) is 3.59. The van der Waals surface area contributed by atoms with Crippen molar-refractivity contribution in [3.05, 3.63) is 41.9 Å². The molecule has 0 radical (unpaired) electrons. The molecule has 0 bridgehead atoms. The summed E-state index contributed by atoms with van der Waals surface area (Å²) >= 11 is 0. The van der Waals surface area contributed by atoms with E-state index in [0.29, 0.717) is 5.56 Å². The van der Waals surface area contributed by atoms with E-state index in [1.54, 1.807) is 36.7 Å². The molecule has 0 amide bonds. The summed E-state index contributed by atoms with van der Waals surface area (Å²) in [5.74, 6) is 0. The largest absolute Gasteiger partial charge is 0.595 e.